The Bertz CT molecular complexity index is 580. The molecule has 0 amide bonds. The summed E-state index contributed by atoms with van der Waals surface area (Å²) in [5, 5.41) is 67.1. The summed E-state index contributed by atoms with van der Waals surface area (Å²) in [6.07, 6.45) is -9.92. The highest BCUT2D eigenvalue weighted by Crippen LogP contribution is 2.34. The van der Waals surface area contributed by atoms with Gasteiger partial charge in [0, 0.05) is 0 Å². The second-order valence-electron chi connectivity index (χ2n) is 5.92. The zero-order valence-electron chi connectivity index (χ0n) is 14.0. The van der Waals surface area contributed by atoms with Gasteiger partial charge in [0.1, 0.15) is 36.6 Å². The number of aliphatic hydroxyl groups excluding tert-OH is 7. The molecule has 0 aliphatic carbocycles. The molecule has 0 aromatic heterocycles. The largest absolute Gasteiger partial charge is 0.493 e. The van der Waals surface area contributed by atoms with Crippen LogP contribution in [0.4, 0.5) is 0 Å². The molecule has 10 heteroatoms. The lowest BCUT2D eigenvalue weighted by Crippen LogP contribution is -2.60. The molecule has 0 saturated carbocycles. The van der Waals surface area contributed by atoms with E-state index in [-0.39, 0.29) is 17.1 Å². The van der Waals surface area contributed by atoms with Gasteiger partial charge in [-0.1, -0.05) is 6.07 Å². The average Bonchev–Trinajstić information content (AvgIpc) is 2.67. The molecule has 1 saturated heterocycles. The molecule has 0 spiro atoms. The van der Waals surface area contributed by atoms with E-state index in [9.17, 15) is 30.6 Å². The van der Waals surface area contributed by atoms with Gasteiger partial charge in [0.2, 0.25) is 6.29 Å². The molecule has 1 aromatic carbocycles. The van der Waals surface area contributed by atoms with Gasteiger partial charge in [-0.05, 0) is 17.7 Å². The number of aliphatic hydroxyl groups is 7. The third-order valence-corrected chi connectivity index (χ3v) is 4.17. The van der Waals surface area contributed by atoms with Gasteiger partial charge in [0.15, 0.2) is 11.5 Å². The highest BCUT2D eigenvalue weighted by Gasteiger charge is 2.45. The van der Waals surface area contributed by atoms with Crippen LogP contribution in [0.2, 0.25) is 0 Å². The molecule has 1 heterocycles. The highest BCUT2D eigenvalue weighted by molar-refractivity contribution is 5.44. The minimum atomic E-state index is -1.59. The maximum Gasteiger partial charge on any atom is 0.229 e. The highest BCUT2D eigenvalue weighted by atomic mass is 16.7. The summed E-state index contributed by atoms with van der Waals surface area (Å²) in [6.45, 7) is -1.22. The van der Waals surface area contributed by atoms with Crippen LogP contribution in [0.5, 0.6) is 11.5 Å². The smallest absolute Gasteiger partial charge is 0.229 e. The molecule has 1 aliphatic rings. The lowest BCUT2D eigenvalue weighted by Gasteiger charge is -2.39. The third kappa shape index (κ3) is 4.24. The molecule has 0 bridgehead atoms. The first kappa shape index (κ1) is 20.8. The Morgan fingerprint density at radius 3 is 2.31 bits per heavy atom. The molecule has 1 aromatic rings. The van der Waals surface area contributed by atoms with Crippen molar-refractivity contribution in [3.63, 3.8) is 0 Å². The number of ether oxygens (including phenoxy) is 3. The van der Waals surface area contributed by atoms with Gasteiger partial charge in [-0.3, -0.25) is 0 Å². The first-order chi connectivity index (χ1) is 12.3. The average molecular weight is 376 g/mol. The summed E-state index contributed by atoms with van der Waals surface area (Å²) in [4.78, 5) is 0. The van der Waals surface area contributed by atoms with Gasteiger partial charge >= 0.3 is 0 Å². The standard InChI is InChI=1S/C16H24O10/c1-24-10-4-7(12(20)8(19)5-17)2-3-9(10)25-16-15(23)14(22)13(21)11(6-18)26-16/h2-4,8,11-23H,5-6H2,1H3/t8?,11-,12?,13-,14+,15-,16-/m1/s1. The maximum atomic E-state index is 10.0. The van der Waals surface area contributed by atoms with Crippen LogP contribution >= 0.6 is 0 Å². The first-order valence-electron chi connectivity index (χ1n) is 7.96. The number of hydrogen-bond acceptors (Lipinski definition) is 10. The zero-order chi connectivity index (χ0) is 19.4. The molecule has 26 heavy (non-hydrogen) atoms. The molecule has 1 aliphatic heterocycles. The second kappa shape index (κ2) is 8.93. The molecule has 2 unspecified atom stereocenters. The Morgan fingerprint density at radius 2 is 1.73 bits per heavy atom. The Kier molecular flexibility index (Phi) is 7.15. The van der Waals surface area contributed by atoms with Crippen LogP contribution in [0.3, 0.4) is 0 Å². The van der Waals surface area contributed by atoms with Gasteiger partial charge in [0.25, 0.3) is 0 Å². The van der Waals surface area contributed by atoms with Gasteiger partial charge in [-0.2, -0.15) is 0 Å². The SMILES string of the molecule is COc1cc(C(O)C(O)CO)ccc1O[C@@H]1O[C@H](CO)[C@@H](O)[C@H](O)[C@H]1O. The summed E-state index contributed by atoms with van der Waals surface area (Å²) in [5.74, 6) is 0.218. The minimum absolute atomic E-state index is 0.0891. The van der Waals surface area contributed by atoms with Crippen molar-refractivity contribution in [1.82, 2.24) is 0 Å². The van der Waals surface area contributed by atoms with E-state index in [4.69, 9.17) is 19.3 Å². The molecule has 7 atom stereocenters. The Morgan fingerprint density at radius 1 is 1.04 bits per heavy atom. The Balaban J connectivity index is 2.20. The fraction of sp³-hybridized carbons (Fsp3) is 0.625. The fourth-order valence-electron chi connectivity index (χ4n) is 2.58. The second-order valence-corrected chi connectivity index (χ2v) is 5.92. The topological polar surface area (TPSA) is 169 Å². The van der Waals surface area contributed by atoms with Crippen molar-refractivity contribution >= 4 is 0 Å². The van der Waals surface area contributed by atoms with Crippen molar-refractivity contribution in [3.05, 3.63) is 23.8 Å². The third-order valence-electron chi connectivity index (χ3n) is 4.17. The lowest BCUT2D eigenvalue weighted by molar-refractivity contribution is -0.277. The molecule has 148 valence electrons. The van der Waals surface area contributed by atoms with Crippen molar-refractivity contribution < 1.29 is 50.0 Å². The van der Waals surface area contributed by atoms with Crippen LogP contribution in [0, 0.1) is 0 Å². The van der Waals surface area contributed by atoms with Crippen LogP contribution in [0.1, 0.15) is 11.7 Å². The molecular weight excluding hydrogens is 352 g/mol. The van der Waals surface area contributed by atoms with Crippen LogP contribution < -0.4 is 9.47 Å². The summed E-state index contributed by atoms with van der Waals surface area (Å²) >= 11 is 0. The van der Waals surface area contributed by atoms with Gasteiger partial charge in [-0.25, -0.2) is 0 Å². The monoisotopic (exact) mass is 376 g/mol. The van der Waals surface area contributed by atoms with Crippen LogP contribution in [0.25, 0.3) is 0 Å². The summed E-state index contributed by atoms with van der Waals surface area (Å²) < 4.78 is 15.9. The predicted octanol–water partition coefficient (Wildman–Crippen LogP) is -2.74. The molecular formula is C16H24O10. The van der Waals surface area contributed by atoms with E-state index < -0.39 is 56.1 Å². The number of methoxy groups -OCH3 is 1. The van der Waals surface area contributed by atoms with E-state index in [1.165, 1.54) is 25.3 Å². The van der Waals surface area contributed by atoms with Gasteiger partial charge < -0.3 is 50.0 Å². The van der Waals surface area contributed by atoms with Crippen molar-refractivity contribution in [3.8, 4) is 11.5 Å². The van der Waals surface area contributed by atoms with Crippen molar-refractivity contribution in [2.75, 3.05) is 20.3 Å². The Labute approximate surface area is 149 Å². The van der Waals surface area contributed by atoms with E-state index in [1.807, 2.05) is 0 Å². The normalized spacial score (nSPS) is 31.3. The summed E-state index contributed by atoms with van der Waals surface area (Å²) in [5.41, 5.74) is 0.254. The van der Waals surface area contributed by atoms with Crippen molar-refractivity contribution in [2.45, 2.75) is 42.9 Å². The quantitative estimate of drug-likeness (QED) is 0.265. The fourth-order valence-corrected chi connectivity index (χ4v) is 2.58. The maximum absolute atomic E-state index is 10.0. The number of rotatable bonds is 7. The lowest BCUT2D eigenvalue weighted by atomic mass is 9.99. The Hall–Kier alpha value is -1.50. The molecule has 0 radical (unpaired) electrons. The summed E-state index contributed by atoms with van der Waals surface area (Å²) in [6, 6.07) is 4.15. The predicted molar refractivity (Wildman–Crippen MR) is 85.4 cm³/mol. The minimum Gasteiger partial charge on any atom is -0.493 e. The van der Waals surface area contributed by atoms with E-state index in [0.29, 0.717) is 0 Å². The van der Waals surface area contributed by atoms with Crippen LogP contribution in [-0.2, 0) is 4.74 Å². The van der Waals surface area contributed by atoms with Crippen molar-refractivity contribution in [2.24, 2.45) is 0 Å². The van der Waals surface area contributed by atoms with Crippen LogP contribution in [0.15, 0.2) is 18.2 Å². The van der Waals surface area contributed by atoms with E-state index in [1.54, 1.807) is 0 Å². The van der Waals surface area contributed by atoms with Crippen LogP contribution in [-0.4, -0.2) is 92.9 Å². The van der Waals surface area contributed by atoms with Gasteiger partial charge in [-0.15, -0.1) is 0 Å². The number of hydrogen-bond donors (Lipinski definition) is 7. The molecule has 10 nitrogen and oxygen atoms in total. The zero-order valence-corrected chi connectivity index (χ0v) is 14.0. The van der Waals surface area contributed by atoms with E-state index in [0.717, 1.165) is 0 Å². The molecule has 2 rings (SSSR count). The molecule has 1 fully saturated rings. The van der Waals surface area contributed by atoms with Gasteiger partial charge in [0.05, 0.1) is 20.3 Å². The van der Waals surface area contributed by atoms with E-state index in [2.05, 4.69) is 0 Å². The number of benzene rings is 1. The molecule has 7 N–H and O–H groups in total. The summed E-state index contributed by atoms with van der Waals surface area (Å²) in [7, 11) is 1.33. The first-order valence-corrected chi connectivity index (χ1v) is 7.96. The van der Waals surface area contributed by atoms with E-state index >= 15 is 0 Å². The van der Waals surface area contributed by atoms with Crippen molar-refractivity contribution in [1.29, 1.82) is 0 Å².